The second-order valence-electron chi connectivity index (χ2n) is 5.52. The molecule has 0 aliphatic rings. The van der Waals surface area contributed by atoms with Gasteiger partial charge in [0.1, 0.15) is 0 Å². The molecule has 0 bridgehead atoms. The summed E-state index contributed by atoms with van der Waals surface area (Å²) in [6, 6.07) is 23.7. The Bertz CT molecular complexity index is 984. The van der Waals surface area contributed by atoms with Gasteiger partial charge in [-0.25, -0.2) is 12.7 Å². The molecule has 0 atom stereocenters. The van der Waals surface area contributed by atoms with E-state index in [1.54, 1.807) is 78.9 Å². The minimum atomic E-state index is -3.83. The molecule has 0 heterocycles. The number of hydrogen-bond acceptors (Lipinski definition) is 3. The Morgan fingerprint density at radius 1 is 0.760 bits per heavy atom. The number of ketones is 1. The van der Waals surface area contributed by atoms with Crippen molar-refractivity contribution in [1.82, 2.24) is 0 Å². The van der Waals surface area contributed by atoms with Crippen LogP contribution in [0.1, 0.15) is 17.3 Å². The normalized spacial score (nSPS) is 11.1. The fraction of sp³-hybridized carbons (Fsp3) is 0.0500. The van der Waals surface area contributed by atoms with Crippen molar-refractivity contribution in [3.8, 4) is 0 Å². The summed E-state index contributed by atoms with van der Waals surface area (Å²) in [5, 5.41) is 0. The summed E-state index contributed by atoms with van der Waals surface area (Å²) in [5.41, 5.74) is 1.39. The Hall–Kier alpha value is -2.92. The molecule has 126 valence electrons. The highest BCUT2D eigenvalue weighted by Crippen LogP contribution is 2.32. The minimum absolute atomic E-state index is 0.119. The Morgan fingerprint density at radius 2 is 1.32 bits per heavy atom. The molecular formula is C20H17NO3S. The lowest BCUT2D eigenvalue weighted by atomic mass is 10.1. The first kappa shape index (κ1) is 16.9. The fourth-order valence-electron chi connectivity index (χ4n) is 2.54. The van der Waals surface area contributed by atoms with Crippen molar-refractivity contribution >= 4 is 27.2 Å². The smallest absolute Gasteiger partial charge is 0.268 e. The SMILES string of the molecule is CC(=O)c1cccc(N(c2ccccc2)S(=O)(=O)c2ccccc2)c1. The van der Waals surface area contributed by atoms with Crippen molar-refractivity contribution in [2.75, 3.05) is 4.31 Å². The van der Waals surface area contributed by atoms with Crippen molar-refractivity contribution in [3.05, 3.63) is 90.5 Å². The molecule has 25 heavy (non-hydrogen) atoms. The van der Waals surface area contributed by atoms with Gasteiger partial charge in [0.2, 0.25) is 0 Å². The molecular weight excluding hydrogens is 334 g/mol. The third-order valence-corrected chi connectivity index (χ3v) is 5.53. The lowest BCUT2D eigenvalue weighted by molar-refractivity contribution is 0.101. The molecule has 0 saturated heterocycles. The van der Waals surface area contributed by atoms with E-state index < -0.39 is 10.0 Å². The van der Waals surface area contributed by atoms with E-state index in [-0.39, 0.29) is 10.7 Å². The minimum Gasteiger partial charge on any atom is -0.295 e. The zero-order valence-electron chi connectivity index (χ0n) is 13.7. The zero-order valence-corrected chi connectivity index (χ0v) is 14.5. The maximum absolute atomic E-state index is 13.3. The topological polar surface area (TPSA) is 54.5 Å². The molecule has 0 aliphatic heterocycles. The first-order valence-corrected chi connectivity index (χ1v) is 9.20. The van der Waals surface area contributed by atoms with Crippen molar-refractivity contribution in [3.63, 3.8) is 0 Å². The number of para-hydroxylation sites is 1. The van der Waals surface area contributed by atoms with Crippen LogP contribution in [0.3, 0.4) is 0 Å². The zero-order chi connectivity index (χ0) is 17.9. The highest BCUT2D eigenvalue weighted by molar-refractivity contribution is 7.93. The van der Waals surface area contributed by atoms with E-state index >= 15 is 0 Å². The van der Waals surface area contributed by atoms with Crippen molar-refractivity contribution in [1.29, 1.82) is 0 Å². The predicted molar refractivity (Wildman–Crippen MR) is 98.7 cm³/mol. The molecule has 0 saturated carbocycles. The summed E-state index contributed by atoms with van der Waals surface area (Å²) in [4.78, 5) is 11.9. The fourth-order valence-corrected chi connectivity index (χ4v) is 4.04. The van der Waals surface area contributed by atoms with E-state index in [4.69, 9.17) is 0 Å². The van der Waals surface area contributed by atoms with Crippen LogP contribution >= 0.6 is 0 Å². The van der Waals surface area contributed by atoms with Crippen LogP contribution < -0.4 is 4.31 Å². The number of Topliss-reactive ketones (excluding diaryl/α,β-unsaturated/α-hetero) is 1. The van der Waals surface area contributed by atoms with Crippen LogP contribution in [-0.2, 0) is 10.0 Å². The molecule has 3 aromatic carbocycles. The van der Waals surface area contributed by atoms with Gasteiger partial charge in [0.25, 0.3) is 10.0 Å². The average Bonchev–Trinajstić information content (AvgIpc) is 2.63. The Balaban J connectivity index is 2.22. The standard InChI is InChI=1S/C20H17NO3S/c1-16(22)17-9-8-12-19(15-17)21(18-10-4-2-5-11-18)25(23,24)20-13-6-3-7-14-20/h2-15H,1H3. The summed E-state index contributed by atoms with van der Waals surface area (Å²) in [7, 11) is -3.83. The molecule has 0 spiro atoms. The number of anilines is 2. The number of nitrogens with zero attached hydrogens (tertiary/aromatic N) is 1. The molecule has 3 rings (SSSR count). The van der Waals surface area contributed by atoms with Gasteiger partial charge in [-0.15, -0.1) is 0 Å². The van der Waals surface area contributed by atoms with Gasteiger partial charge in [-0.05, 0) is 43.3 Å². The summed E-state index contributed by atoms with van der Waals surface area (Å²) < 4.78 is 27.8. The maximum Gasteiger partial charge on any atom is 0.268 e. The van der Waals surface area contributed by atoms with E-state index in [9.17, 15) is 13.2 Å². The van der Waals surface area contributed by atoms with Gasteiger partial charge in [-0.2, -0.15) is 0 Å². The molecule has 0 fully saturated rings. The third-order valence-electron chi connectivity index (χ3n) is 3.76. The largest absolute Gasteiger partial charge is 0.295 e. The molecule has 0 unspecified atom stereocenters. The number of sulfonamides is 1. The summed E-state index contributed by atoms with van der Waals surface area (Å²) in [5.74, 6) is -0.119. The summed E-state index contributed by atoms with van der Waals surface area (Å²) in [6.45, 7) is 1.46. The van der Waals surface area contributed by atoms with Crippen LogP contribution in [-0.4, -0.2) is 14.2 Å². The van der Waals surface area contributed by atoms with Crippen LogP contribution in [0, 0.1) is 0 Å². The molecule has 3 aromatic rings. The molecule has 0 N–H and O–H groups in total. The molecule has 0 radical (unpaired) electrons. The molecule has 5 heteroatoms. The number of benzene rings is 3. The number of rotatable bonds is 5. The first-order chi connectivity index (χ1) is 12.0. The highest BCUT2D eigenvalue weighted by atomic mass is 32.2. The van der Waals surface area contributed by atoms with Gasteiger partial charge in [0.05, 0.1) is 16.3 Å². The van der Waals surface area contributed by atoms with Crippen LogP contribution in [0.25, 0.3) is 0 Å². The number of hydrogen-bond donors (Lipinski definition) is 0. The van der Waals surface area contributed by atoms with E-state index in [2.05, 4.69) is 0 Å². The van der Waals surface area contributed by atoms with Gasteiger partial charge in [0, 0.05) is 5.56 Å². The molecule has 0 amide bonds. The maximum atomic E-state index is 13.3. The second kappa shape index (κ2) is 6.91. The van der Waals surface area contributed by atoms with Crippen LogP contribution in [0.5, 0.6) is 0 Å². The lowest BCUT2D eigenvalue weighted by Crippen LogP contribution is -2.26. The summed E-state index contributed by atoms with van der Waals surface area (Å²) in [6.07, 6.45) is 0. The van der Waals surface area contributed by atoms with Crippen LogP contribution in [0.2, 0.25) is 0 Å². The van der Waals surface area contributed by atoms with Gasteiger partial charge in [-0.3, -0.25) is 4.79 Å². The number of carbonyl (C=O) groups is 1. The van der Waals surface area contributed by atoms with E-state index in [0.29, 0.717) is 16.9 Å². The van der Waals surface area contributed by atoms with Crippen molar-refractivity contribution in [2.24, 2.45) is 0 Å². The third kappa shape index (κ3) is 3.46. The highest BCUT2D eigenvalue weighted by Gasteiger charge is 2.26. The Labute approximate surface area is 147 Å². The Kier molecular flexibility index (Phi) is 4.67. The predicted octanol–water partition coefficient (Wildman–Crippen LogP) is 4.42. The molecule has 0 aliphatic carbocycles. The van der Waals surface area contributed by atoms with E-state index in [0.717, 1.165) is 0 Å². The molecule has 0 aromatic heterocycles. The monoisotopic (exact) mass is 351 g/mol. The average molecular weight is 351 g/mol. The van der Waals surface area contributed by atoms with Gasteiger partial charge in [-0.1, -0.05) is 48.5 Å². The summed E-state index contributed by atoms with van der Waals surface area (Å²) >= 11 is 0. The van der Waals surface area contributed by atoms with Crippen LogP contribution in [0.15, 0.2) is 89.8 Å². The lowest BCUT2D eigenvalue weighted by Gasteiger charge is -2.25. The Morgan fingerprint density at radius 3 is 1.92 bits per heavy atom. The van der Waals surface area contributed by atoms with E-state index in [1.165, 1.54) is 11.2 Å². The first-order valence-electron chi connectivity index (χ1n) is 7.76. The van der Waals surface area contributed by atoms with Crippen LogP contribution in [0.4, 0.5) is 11.4 Å². The molecule has 4 nitrogen and oxygen atoms in total. The van der Waals surface area contributed by atoms with Gasteiger partial charge < -0.3 is 0 Å². The van der Waals surface area contributed by atoms with Gasteiger partial charge >= 0.3 is 0 Å². The van der Waals surface area contributed by atoms with E-state index in [1.807, 2.05) is 6.07 Å². The van der Waals surface area contributed by atoms with Crippen molar-refractivity contribution in [2.45, 2.75) is 11.8 Å². The van der Waals surface area contributed by atoms with Gasteiger partial charge in [0.15, 0.2) is 5.78 Å². The number of carbonyl (C=O) groups excluding carboxylic acids is 1. The quantitative estimate of drug-likeness (QED) is 0.640. The van der Waals surface area contributed by atoms with Crippen molar-refractivity contribution < 1.29 is 13.2 Å². The second-order valence-corrected chi connectivity index (χ2v) is 7.31.